The third-order valence-electron chi connectivity index (χ3n) is 6.35. The van der Waals surface area contributed by atoms with Crippen LogP contribution in [0, 0.1) is 5.92 Å². The smallest absolute Gasteiger partial charge is 0.250 e. The van der Waals surface area contributed by atoms with Gasteiger partial charge in [-0.3, -0.25) is 9.69 Å². The molecule has 2 aliphatic rings. The molecule has 1 unspecified atom stereocenters. The molecule has 5 heteroatoms. The van der Waals surface area contributed by atoms with E-state index < -0.39 is 5.91 Å². The Kier molecular flexibility index (Phi) is 6.45. The number of nitrogens with two attached hydrogens (primary N) is 1. The van der Waals surface area contributed by atoms with Gasteiger partial charge < -0.3 is 10.5 Å². The molecule has 1 amide bonds. The van der Waals surface area contributed by atoms with Crippen molar-refractivity contribution in [2.24, 2.45) is 11.7 Å². The zero-order valence-electron chi connectivity index (χ0n) is 17.1. The molecule has 2 aromatic rings. The first-order valence-corrected chi connectivity index (χ1v) is 11.0. The second-order valence-electron chi connectivity index (χ2n) is 8.36. The number of carbonyl (C=O) groups excluding carboxylic acids is 1. The van der Waals surface area contributed by atoms with E-state index in [0.717, 1.165) is 11.7 Å². The fourth-order valence-electron chi connectivity index (χ4n) is 4.87. The lowest BCUT2D eigenvalue weighted by atomic mass is 9.80. The maximum Gasteiger partial charge on any atom is 0.250 e. The van der Waals surface area contributed by atoms with Gasteiger partial charge in [0.2, 0.25) is 11.8 Å². The summed E-state index contributed by atoms with van der Waals surface area (Å²) in [6.45, 7) is 2.44. The topological polar surface area (TPSA) is 68.5 Å². The van der Waals surface area contributed by atoms with Crippen molar-refractivity contribution in [1.29, 1.82) is 0 Å². The number of pyridine rings is 1. The van der Waals surface area contributed by atoms with Crippen LogP contribution in [0.1, 0.15) is 73.3 Å². The summed E-state index contributed by atoms with van der Waals surface area (Å²) in [4.78, 5) is 18.1. The number of likely N-dealkylation sites (tertiary alicyclic amines) is 1. The molecule has 2 fully saturated rings. The van der Waals surface area contributed by atoms with E-state index in [1.54, 1.807) is 12.1 Å². The molecule has 2 N–H and O–H groups in total. The number of amides is 1. The predicted octanol–water partition coefficient (Wildman–Crippen LogP) is 5.08. The van der Waals surface area contributed by atoms with Crippen LogP contribution in [0.4, 0.5) is 0 Å². The van der Waals surface area contributed by atoms with Crippen LogP contribution in [0.3, 0.4) is 0 Å². The van der Waals surface area contributed by atoms with Gasteiger partial charge in [0.1, 0.15) is 5.75 Å². The van der Waals surface area contributed by atoms with Crippen molar-refractivity contribution in [1.82, 2.24) is 9.88 Å². The molecule has 1 saturated heterocycles. The zero-order valence-corrected chi connectivity index (χ0v) is 17.1. The van der Waals surface area contributed by atoms with Crippen LogP contribution < -0.4 is 10.5 Å². The molecule has 1 saturated carbocycles. The van der Waals surface area contributed by atoms with E-state index >= 15 is 0 Å². The van der Waals surface area contributed by atoms with Crippen LogP contribution in [-0.2, 0) is 0 Å². The van der Waals surface area contributed by atoms with E-state index in [1.165, 1.54) is 76.2 Å². The number of primary amides is 1. The van der Waals surface area contributed by atoms with Crippen molar-refractivity contribution in [2.45, 2.75) is 57.4 Å². The standard InChI is InChI=1S/C24H31N3O2/c25-24(28)20-11-14-22(26-17-20)29-21-12-9-19(10-13-21)23(18-7-3-1-4-8-18)27-15-5-2-6-16-27/h9-14,17-18,23H,1-8,15-16H2,(H2,25,28). The molecular formula is C24H31N3O2. The average Bonchev–Trinajstić information content (AvgIpc) is 2.77. The lowest BCUT2D eigenvalue weighted by Gasteiger charge is -2.41. The highest BCUT2D eigenvalue weighted by molar-refractivity contribution is 5.92. The molecular weight excluding hydrogens is 362 g/mol. The van der Waals surface area contributed by atoms with Crippen LogP contribution in [0.2, 0.25) is 0 Å². The van der Waals surface area contributed by atoms with Crippen LogP contribution in [0.15, 0.2) is 42.6 Å². The van der Waals surface area contributed by atoms with Crippen LogP contribution in [0.25, 0.3) is 0 Å². The van der Waals surface area contributed by atoms with E-state index in [-0.39, 0.29) is 0 Å². The number of hydrogen-bond acceptors (Lipinski definition) is 4. The summed E-state index contributed by atoms with van der Waals surface area (Å²) < 4.78 is 5.86. The van der Waals surface area contributed by atoms with Gasteiger partial charge in [-0.05, 0) is 68.5 Å². The quantitative estimate of drug-likeness (QED) is 0.743. The van der Waals surface area contributed by atoms with Gasteiger partial charge in [-0.15, -0.1) is 0 Å². The van der Waals surface area contributed by atoms with E-state index in [1.807, 2.05) is 12.1 Å². The lowest BCUT2D eigenvalue weighted by Crippen LogP contribution is -2.38. The van der Waals surface area contributed by atoms with Crippen LogP contribution >= 0.6 is 0 Å². The number of nitrogens with zero attached hydrogens (tertiary/aromatic N) is 2. The number of carbonyl (C=O) groups is 1. The van der Waals surface area contributed by atoms with Gasteiger partial charge >= 0.3 is 0 Å². The molecule has 1 aromatic carbocycles. The number of ether oxygens (including phenoxy) is 1. The molecule has 0 radical (unpaired) electrons. The first-order valence-electron chi connectivity index (χ1n) is 11.0. The zero-order chi connectivity index (χ0) is 20.1. The minimum Gasteiger partial charge on any atom is -0.439 e. The maximum atomic E-state index is 11.2. The molecule has 5 nitrogen and oxygen atoms in total. The number of benzene rings is 1. The van der Waals surface area contributed by atoms with Gasteiger partial charge in [-0.1, -0.05) is 37.8 Å². The number of aromatic nitrogens is 1. The van der Waals surface area contributed by atoms with Gasteiger partial charge in [0.15, 0.2) is 0 Å². The summed E-state index contributed by atoms with van der Waals surface area (Å²) in [5.74, 6) is 1.49. The first kappa shape index (κ1) is 19.9. The molecule has 0 spiro atoms. The Morgan fingerprint density at radius 3 is 2.28 bits per heavy atom. The SMILES string of the molecule is NC(=O)c1ccc(Oc2ccc(C(C3CCCCC3)N3CCCCC3)cc2)nc1. The average molecular weight is 394 g/mol. The number of rotatable bonds is 6. The predicted molar refractivity (Wildman–Crippen MR) is 114 cm³/mol. The Labute approximate surface area is 173 Å². The van der Waals surface area contributed by atoms with E-state index in [0.29, 0.717) is 17.5 Å². The van der Waals surface area contributed by atoms with Crippen molar-refractivity contribution in [3.05, 3.63) is 53.7 Å². The van der Waals surface area contributed by atoms with E-state index in [9.17, 15) is 4.79 Å². The van der Waals surface area contributed by atoms with Crippen molar-refractivity contribution in [3.63, 3.8) is 0 Å². The van der Waals surface area contributed by atoms with E-state index in [4.69, 9.17) is 10.5 Å². The molecule has 0 bridgehead atoms. The molecule has 1 atom stereocenters. The molecule has 1 aliphatic heterocycles. The molecule has 2 heterocycles. The van der Waals surface area contributed by atoms with Crippen molar-refractivity contribution >= 4 is 5.91 Å². The van der Waals surface area contributed by atoms with Crippen LogP contribution in [-0.4, -0.2) is 28.9 Å². The second kappa shape index (κ2) is 9.40. The summed E-state index contributed by atoms with van der Waals surface area (Å²) >= 11 is 0. The third-order valence-corrected chi connectivity index (χ3v) is 6.35. The monoisotopic (exact) mass is 393 g/mol. The van der Waals surface area contributed by atoms with Gasteiger partial charge in [-0.2, -0.15) is 0 Å². The minimum absolute atomic E-state index is 0.379. The summed E-state index contributed by atoms with van der Waals surface area (Å²) in [5, 5.41) is 0. The molecule has 4 rings (SSSR count). The summed E-state index contributed by atoms with van der Waals surface area (Å²) in [6.07, 6.45) is 12.2. The van der Waals surface area contributed by atoms with Crippen molar-refractivity contribution in [2.75, 3.05) is 13.1 Å². The number of hydrogen-bond donors (Lipinski definition) is 1. The summed E-state index contributed by atoms with van der Waals surface area (Å²) in [5.41, 5.74) is 7.05. The Bertz CT molecular complexity index is 774. The van der Waals surface area contributed by atoms with Gasteiger partial charge in [0.05, 0.1) is 5.56 Å². The van der Waals surface area contributed by atoms with Crippen molar-refractivity contribution < 1.29 is 9.53 Å². The normalized spacial score (nSPS) is 19.6. The highest BCUT2D eigenvalue weighted by Gasteiger charge is 2.30. The van der Waals surface area contributed by atoms with Gasteiger partial charge in [0, 0.05) is 18.3 Å². The van der Waals surface area contributed by atoms with Crippen LogP contribution in [0.5, 0.6) is 11.6 Å². The fraction of sp³-hybridized carbons (Fsp3) is 0.500. The van der Waals surface area contributed by atoms with Gasteiger partial charge in [-0.25, -0.2) is 4.98 Å². The Morgan fingerprint density at radius 2 is 1.66 bits per heavy atom. The highest BCUT2D eigenvalue weighted by Crippen LogP contribution is 2.40. The minimum atomic E-state index is -0.486. The maximum absolute atomic E-state index is 11.2. The molecule has 29 heavy (non-hydrogen) atoms. The highest BCUT2D eigenvalue weighted by atomic mass is 16.5. The first-order chi connectivity index (χ1) is 14.2. The Balaban J connectivity index is 1.49. The van der Waals surface area contributed by atoms with Crippen molar-refractivity contribution in [3.8, 4) is 11.6 Å². The molecule has 1 aromatic heterocycles. The third kappa shape index (κ3) is 4.96. The molecule has 154 valence electrons. The fourth-order valence-corrected chi connectivity index (χ4v) is 4.87. The number of piperidine rings is 1. The Hall–Kier alpha value is -2.40. The molecule has 1 aliphatic carbocycles. The second-order valence-corrected chi connectivity index (χ2v) is 8.36. The summed E-state index contributed by atoms with van der Waals surface area (Å²) in [6, 6.07) is 12.4. The van der Waals surface area contributed by atoms with E-state index in [2.05, 4.69) is 22.0 Å². The lowest BCUT2D eigenvalue weighted by molar-refractivity contribution is 0.0965. The Morgan fingerprint density at radius 1 is 0.966 bits per heavy atom. The summed E-state index contributed by atoms with van der Waals surface area (Å²) in [7, 11) is 0. The largest absolute Gasteiger partial charge is 0.439 e. The van der Waals surface area contributed by atoms with Gasteiger partial charge in [0.25, 0.3) is 0 Å².